The van der Waals surface area contributed by atoms with Gasteiger partial charge in [-0.05, 0) is 48.9 Å². The highest BCUT2D eigenvalue weighted by atomic mass is 19.1. The Morgan fingerprint density at radius 3 is 2.30 bits per heavy atom. The minimum atomic E-state index is -0.647. The number of pyridine rings is 1. The van der Waals surface area contributed by atoms with Crippen LogP contribution in [0.4, 0.5) is 20.7 Å². The number of nitrogens with one attached hydrogen (secondary N) is 2. The molecule has 1 amide bonds. The van der Waals surface area contributed by atoms with Crippen molar-refractivity contribution in [1.29, 1.82) is 5.41 Å². The van der Waals surface area contributed by atoms with Gasteiger partial charge in [0.2, 0.25) is 0 Å². The van der Waals surface area contributed by atoms with Crippen LogP contribution in [-0.4, -0.2) is 61.6 Å². The Balaban J connectivity index is 0.00000235. The molecule has 1 aliphatic heterocycles. The van der Waals surface area contributed by atoms with Crippen LogP contribution in [0.3, 0.4) is 0 Å². The third-order valence-electron chi connectivity index (χ3n) is 5.85. The largest absolute Gasteiger partial charge is 0.492 e. The predicted octanol–water partition coefficient (Wildman–Crippen LogP) is 5.66. The fraction of sp³-hybridized carbons (Fsp3) is 0.481. The molecule has 1 aromatic carbocycles. The molecule has 3 rings (SSSR count). The van der Waals surface area contributed by atoms with E-state index in [0.29, 0.717) is 36.7 Å². The van der Waals surface area contributed by atoms with E-state index in [9.17, 15) is 14.0 Å². The molecule has 0 saturated carbocycles. The van der Waals surface area contributed by atoms with E-state index in [1.54, 1.807) is 17.0 Å². The summed E-state index contributed by atoms with van der Waals surface area (Å²) in [6.45, 7) is 9.23. The first kappa shape index (κ1) is 29.5. The first-order chi connectivity index (χ1) is 17.7. The third kappa shape index (κ3) is 7.90. The lowest BCUT2D eigenvalue weighted by Gasteiger charge is -2.31. The van der Waals surface area contributed by atoms with E-state index in [-0.39, 0.29) is 41.0 Å². The number of hydrogen-bond acceptors (Lipinski definition) is 8. The number of halogens is 1. The number of nitrogens with zero attached hydrogens (tertiary/aromatic N) is 2. The minimum absolute atomic E-state index is 0.0212. The molecule has 202 valence electrons. The molecule has 9 nitrogen and oxygen atoms in total. The van der Waals surface area contributed by atoms with Crippen LogP contribution in [0.2, 0.25) is 0 Å². The van der Waals surface area contributed by atoms with E-state index in [2.05, 4.69) is 10.3 Å². The molecule has 0 atom stereocenters. The number of ether oxygens (including phenoxy) is 3. The van der Waals surface area contributed by atoms with Crippen LogP contribution in [0.5, 0.6) is 5.75 Å². The number of hydrogen-bond donors (Lipinski definition) is 2. The number of methoxy groups -OCH3 is 2. The molecule has 1 aliphatic rings. The highest BCUT2D eigenvalue weighted by molar-refractivity contribution is 6.07. The average molecular weight is 517 g/mol. The van der Waals surface area contributed by atoms with Gasteiger partial charge >= 0.3 is 12.1 Å². The normalized spacial score (nSPS) is 13.4. The molecule has 1 fully saturated rings. The van der Waals surface area contributed by atoms with Crippen molar-refractivity contribution in [3.05, 3.63) is 47.4 Å². The van der Waals surface area contributed by atoms with Gasteiger partial charge in [-0.1, -0.05) is 27.7 Å². The van der Waals surface area contributed by atoms with E-state index in [4.69, 9.17) is 19.6 Å². The molecule has 2 N–H and O–H groups in total. The quantitative estimate of drug-likeness (QED) is 0.344. The predicted molar refractivity (Wildman–Crippen MR) is 140 cm³/mol. The van der Waals surface area contributed by atoms with Crippen molar-refractivity contribution in [2.75, 3.05) is 39.2 Å². The standard InChI is InChI=1S/C25H31FN4O5.C2H6/c1-15(2)22(27)21-20(35-14-16-9-11-30(12-10-16)25(32)34-4)13-19(24(31)33-3)29-23(21)28-18-7-5-17(26)6-8-18;1-2/h5-8,13,15-16,27H,9-12,14H2,1-4H3,(H,28,29);1-2H3. The molecule has 37 heavy (non-hydrogen) atoms. The average Bonchev–Trinajstić information content (AvgIpc) is 2.92. The smallest absolute Gasteiger partial charge is 0.409 e. The summed E-state index contributed by atoms with van der Waals surface area (Å²) in [6.07, 6.45) is 1.13. The number of esters is 1. The van der Waals surface area contributed by atoms with Crippen molar-refractivity contribution in [2.24, 2.45) is 11.8 Å². The van der Waals surface area contributed by atoms with Gasteiger partial charge in [-0.15, -0.1) is 0 Å². The van der Waals surface area contributed by atoms with Crippen molar-refractivity contribution in [1.82, 2.24) is 9.88 Å². The Kier molecular flexibility index (Phi) is 11.3. The van der Waals surface area contributed by atoms with Crippen molar-refractivity contribution >= 4 is 29.3 Å². The Bertz CT molecular complexity index is 1070. The Labute approximate surface area is 217 Å². The van der Waals surface area contributed by atoms with Crippen molar-refractivity contribution in [3.8, 4) is 5.75 Å². The van der Waals surface area contributed by atoms with Gasteiger partial charge < -0.3 is 29.8 Å². The number of rotatable bonds is 8. The van der Waals surface area contributed by atoms with Crippen LogP contribution in [0, 0.1) is 23.1 Å². The van der Waals surface area contributed by atoms with Crippen molar-refractivity contribution < 1.29 is 28.2 Å². The summed E-state index contributed by atoms with van der Waals surface area (Å²) in [6, 6.07) is 7.17. The molecule has 0 aliphatic carbocycles. The molecular formula is C27H37FN4O5. The number of piperidine rings is 1. The Morgan fingerprint density at radius 2 is 1.76 bits per heavy atom. The highest BCUT2D eigenvalue weighted by Gasteiger charge is 2.26. The van der Waals surface area contributed by atoms with Crippen molar-refractivity contribution in [3.63, 3.8) is 0 Å². The van der Waals surface area contributed by atoms with Gasteiger partial charge in [-0.2, -0.15) is 0 Å². The topological polar surface area (TPSA) is 114 Å². The second-order valence-corrected chi connectivity index (χ2v) is 8.63. The molecule has 10 heteroatoms. The fourth-order valence-electron chi connectivity index (χ4n) is 3.77. The first-order valence-corrected chi connectivity index (χ1v) is 12.4. The van der Waals surface area contributed by atoms with Crippen LogP contribution >= 0.6 is 0 Å². The lowest BCUT2D eigenvalue weighted by Crippen LogP contribution is -2.39. The molecule has 1 saturated heterocycles. The van der Waals surface area contributed by atoms with Crippen LogP contribution in [0.15, 0.2) is 30.3 Å². The number of carbonyl (C=O) groups is 2. The second kappa shape index (κ2) is 14.2. The van der Waals surface area contributed by atoms with Gasteiger partial charge in [0, 0.05) is 30.6 Å². The number of anilines is 2. The summed E-state index contributed by atoms with van der Waals surface area (Å²) < 4.78 is 29.2. The summed E-state index contributed by atoms with van der Waals surface area (Å²) >= 11 is 0. The molecule has 2 aromatic rings. The SMILES string of the molecule is CC.COC(=O)c1cc(OCC2CCN(C(=O)OC)CC2)c(C(=N)C(C)C)c(Nc2ccc(F)cc2)n1. The Morgan fingerprint density at radius 1 is 1.14 bits per heavy atom. The van der Waals surface area contributed by atoms with E-state index in [1.165, 1.54) is 32.4 Å². The minimum Gasteiger partial charge on any atom is -0.492 e. The second-order valence-electron chi connectivity index (χ2n) is 8.63. The number of amides is 1. The zero-order chi connectivity index (χ0) is 27.5. The molecule has 2 heterocycles. The van der Waals surface area contributed by atoms with Crippen LogP contribution in [-0.2, 0) is 9.47 Å². The van der Waals surface area contributed by atoms with E-state index >= 15 is 0 Å². The lowest BCUT2D eigenvalue weighted by molar-refractivity contribution is 0.0593. The summed E-state index contributed by atoms with van der Waals surface area (Å²) in [5.41, 5.74) is 1.26. The number of benzene rings is 1. The number of carbonyl (C=O) groups excluding carboxylic acids is 2. The summed E-state index contributed by atoms with van der Waals surface area (Å²) in [5.74, 6) is -0.427. The van der Waals surface area contributed by atoms with Crippen LogP contribution in [0.25, 0.3) is 0 Å². The maximum Gasteiger partial charge on any atom is 0.409 e. The zero-order valence-corrected chi connectivity index (χ0v) is 22.4. The van der Waals surface area contributed by atoms with Crippen molar-refractivity contribution in [2.45, 2.75) is 40.5 Å². The van der Waals surface area contributed by atoms with Gasteiger partial charge in [0.15, 0.2) is 5.69 Å². The van der Waals surface area contributed by atoms with Gasteiger partial charge in [-0.25, -0.2) is 19.0 Å². The molecule has 0 radical (unpaired) electrons. The summed E-state index contributed by atoms with van der Waals surface area (Å²) in [5, 5.41) is 11.8. The first-order valence-electron chi connectivity index (χ1n) is 12.4. The summed E-state index contributed by atoms with van der Waals surface area (Å²) in [7, 11) is 2.62. The molecular weight excluding hydrogens is 479 g/mol. The number of aromatic nitrogens is 1. The maximum absolute atomic E-state index is 13.4. The van der Waals surface area contributed by atoms with E-state index < -0.39 is 5.97 Å². The maximum atomic E-state index is 13.4. The van der Waals surface area contributed by atoms with Crippen LogP contribution in [0.1, 0.15) is 56.6 Å². The van der Waals surface area contributed by atoms with Gasteiger partial charge in [-0.3, -0.25) is 0 Å². The Hall–Kier alpha value is -3.69. The highest BCUT2D eigenvalue weighted by Crippen LogP contribution is 2.32. The fourth-order valence-corrected chi connectivity index (χ4v) is 3.77. The summed E-state index contributed by atoms with van der Waals surface area (Å²) in [4.78, 5) is 30.1. The van der Waals surface area contributed by atoms with Crippen LogP contribution < -0.4 is 10.1 Å². The molecule has 1 aromatic heterocycles. The molecule has 0 spiro atoms. The van der Waals surface area contributed by atoms with Gasteiger partial charge in [0.25, 0.3) is 0 Å². The van der Waals surface area contributed by atoms with E-state index in [0.717, 1.165) is 12.8 Å². The lowest BCUT2D eigenvalue weighted by atomic mass is 9.97. The van der Waals surface area contributed by atoms with Gasteiger partial charge in [0.05, 0.1) is 26.4 Å². The van der Waals surface area contributed by atoms with E-state index in [1.807, 2.05) is 27.7 Å². The molecule has 0 bridgehead atoms. The van der Waals surface area contributed by atoms with Gasteiger partial charge in [0.1, 0.15) is 17.4 Å². The molecule has 0 unspecified atom stereocenters. The third-order valence-corrected chi connectivity index (χ3v) is 5.85. The monoisotopic (exact) mass is 516 g/mol. The zero-order valence-electron chi connectivity index (χ0n) is 22.4. The number of likely N-dealkylation sites (tertiary alicyclic amines) is 1.